The molecule has 0 radical (unpaired) electrons. The number of rotatable bonds is 8. The zero-order chi connectivity index (χ0) is 23.1. The van der Waals surface area contributed by atoms with E-state index in [1.54, 1.807) is 19.2 Å². The van der Waals surface area contributed by atoms with E-state index in [1.807, 2.05) is 30.3 Å². The van der Waals surface area contributed by atoms with E-state index in [-0.39, 0.29) is 23.2 Å². The molecule has 1 fully saturated rings. The monoisotopic (exact) mass is 459 g/mol. The summed E-state index contributed by atoms with van der Waals surface area (Å²) in [5, 5.41) is 0. The Hall–Kier alpha value is -2.91. The molecule has 172 valence electrons. The van der Waals surface area contributed by atoms with Crippen molar-refractivity contribution in [3.63, 3.8) is 0 Å². The Morgan fingerprint density at radius 1 is 1.00 bits per heavy atom. The largest absolute Gasteiger partial charge is 0.469 e. The summed E-state index contributed by atoms with van der Waals surface area (Å²) in [5.41, 5.74) is 1.38. The van der Waals surface area contributed by atoms with E-state index in [9.17, 15) is 18.0 Å². The van der Waals surface area contributed by atoms with Crippen LogP contribution in [0.25, 0.3) is 0 Å². The average molecular weight is 460 g/mol. The Balaban J connectivity index is 1.64. The van der Waals surface area contributed by atoms with Crippen LogP contribution in [0, 0.1) is 0 Å². The van der Waals surface area contributed by atoms with Crippen LogP contribution in [-0.2, 0) is 19.6 Å². The van der Waals surface area contributed by atoms with Crippen molar-refractivity contribution in [3.05, 3.63) is 60.2 Å². The molecule has 2 aromatic rings. The molecule has 0 atom stereocenters. The molecule has 0 saturated carbocycles. The van der Waals surface area contributed by atoms with Crippen molar-refractivity contribution in [3.8, 4) is 0 Å². The second-order valence-electron chi connectivity index (χ2n) is 7.66. The molecule has 0 aliphatic carbocycles. The Labute approximate surface area is 189 Å². The van der Waals surface area contributed by atoms with Gasteiger partial charge in [0, 0.05) is 57.4 Å². The zero-order valence-electron chi connectivity index (χ0n) is 18.4. The maximum absolute atomic E-state index is 13.2. The molecule has 0 bridgehead atoms. The van der Waals surface area contributed by atoms with E-state index in [2.05, 4.69) is 9.64 Å². The number of nitrogens with zero attached hydrogens (tertiary/aromatic N) is 3. The fraction of sp³-hybridized carbons (Fsp3) is 0.391. The standard InChI is InChI=1S/C23H29N3O5S/c1-24(13-7-12-22(27)31-2)23(28)19-8-6-11-21(18-19)32(29,30)26-16-14-25(15-17-26)20-9-4-3-5-10-20/h3-6,8-11,18H,7,12-17H2,1-2H3. The van der Waals surface area contributed by atoms with Crippen molar-refractivity contribution in [2.24, 2.45) is 0 Å². The third-order valence-electron chi connectivity index (χ3n) is 5.53. The van der Waals surface area contributed by atoms with Crippen LogP contribution in [0.4, 0.5) is 5.69 Å². The predicted octanol–water partition coefficient (Wildman–Crippen LogP) is 2.22. The van der Waals surface area contributed by atoms with Crippen LogP contribution < -0.4 is 4.90 Å². The fourth-order valence-corrected chi connectivity index (χ4v) is 5.12. The minimum atomic E-state index is -3.71. The van der Waals surface area contributed by atoms with Gasteiger partial charge in [-0.1, -0.05) is 24.3 Å². The molecule has 3 rings (SSSR count). The molecule has 1 amide bonds. The highest BCUT2D eigenvalue weighted by molar-refractivity contribution is 7.89. The van der Waals surface area contributed by atoms with Crippen molar-refractivity contribution in [1.82, 2.24) is 9.21 Å². The predicted molar refractivity (Wildman–Crippen MR) is 122 cm³/mol. The Morgan fingerprint density at radius 3 is 2.34 bits per heavy atom. The van der Waals surface area contributed by atoms with Gasteiger partial charge in [0.05, 0.1) is 12.0 Å². The minimum absolute atomic E-state index is 0.111. The molecule has 1 heterocycles. The van der Waals surface area contributed by atoms with Crippen LogP contribution in [0.1, 0.15) is 23.2 Å². The second kappa shape index (κ2) is 10.6. The molecule has 0 aromatic heterocycles. The van der Waals surface area contributed by atoms with Gasteiger partial charge in [-0.15, -0.1) is 0 Å². The summed E-state index contributed by atoms with van der Waals surface area (Å²) < 4.78 is 32.4. The summed E-state index contributed by atoms with van der Waals surface area (Å²) in [6.45, 7) is 2.33. The Bertz CT molecular complexity index is 1030. The molecular formula is C23H29N3O5S. The van der Waals surface area contributed by atoms with Gasteiger partial charge in [0.1, 0.15) is 0 Å². The summed E-state index contributed by atoms with van der Waals surface area (Å²) in [7, 11) is -0.754. The van der Waals surface area contributed by atoms with Crippen molar-refractivity contribution < 1.29 is 22.7 Å². The average Bonchev–Trinajstić information content (AvgIpc) is 2.84. The fourth-order valence-electron chi connectivity index (χ4n) is 3.65. The SMILES string of the molecule is COC(=O)CCCN(C)C(=O)c1cccc(S(=O)(=O)N2CCN(c3ccccc3)CC2)c1. The first-order chi connectivity index (χ1) is 15.3. The summed E-state index contributed by atoms with van der Waals surface area (Å²) >= 11 is 0. The molecule has 2 aromatic carbocycles. The van der Waals surface area contributed by atoms with E-state index < -0.39 is 10.0 Å². The van der Waals surface area contributed by atoms with Crippen LogP contribution in [0.2, 0.25) is 0 Å². The summed E-state index contributed by atoms with van der Waals surface area (Å²) in [6.07, 6.45) is 0.691. The third-order valence-corrected chi connectivity index (χ3v) is 7.42. The van der Waals surface area contributed by atoms with E-state index >= 15 is 0 Å². The quantitative estimate of drug-likeness (QED) is 0.563. The number of methoxy groups -OCH3 is 1. The highest BCUT2D eigenvalue weighted by atomic mass is 32.2. The Kier molecular flexibility index (Phi) is 7.87. The number of carbonyl (C=O) groups is 2. The van der Waals surface area contributed by atoms with Gasteiger partial charge in [0.2, 0.25) is 10.0 Å². The number of carbonyl (C=O) groups excluding carboxylic acids is 2. The number of hydrogen-bond acceptors (Lipinski definition) is 6. The van der Waals surface area contributed by atoms with Crippen LogP contribution in [0.5, 0.6) is 0 Å². The van der Waals surface area contributed by atoms with Crippen molar-refractivity contribution in [2.75, 3.05) is 51.8 Å². The number of anilines is 1. The molecule has 9 heteroatoms. The second-order valence-corrected chi connectivity index (χ2v) is 9.60. The van der Waals surface area contributed by atoms with Gasteiger partial charge < -0.3 is 14.5 Å². The lowest BCUT2D eigenvalue weighted by atomic mass is 10.2. The normalized spacial score (nSPS) is 14.8. The molecule has 0 N–H and O–H groups in total. The number of esters is 1. The first-order valence-electron chi connectivity index (χ1n) is 10.6. The van der Waals surface area contributed by atoms with E-state index in [0.29, 0.717) is 44.7 Å². The number of hydrogen-bond donors (Lipinski definition) is 0. The van der Waals surface area contributed by atoms with Gasteiger partial charge in [-0.25, -0.2) is 8.42 Å². The first-order valence-corrected chi connectivity index (χ1v) is 12.0. The molecule has 32 heavy (non-hydrogen) atoms. The number of para-hydroxylation sites is 1. The molecule has 0 spiro atoms. The zero-order valence-corrected chi connectivity index (χ0v) is 19.3. The summed E-state index contributed by atoms with van der Waals surface area (Å²) in [6, 6.07) is 16.1. The maximum atomic E-state index is 13.2. The minimum Gasteiger partial charge on any atom is -0.469 e. The van der Waals surface area contributed by atoms with Gasteiger partial charge >= 0.3 is 5.97 Å². The van der Waals surface area contributed by atoms with Crippen LogP contribution in [0.3, 0.4) is 0 Å². The number of sulfonamides is 1. The third kappa shape index (κ3) is 5.66. The van der Waals surface area contributed by atoms with Crippen molar-refractivity contribution in [2.45, 2.75) is 17.7 Å². The van der Waals surface area contributed by atoms with E-state index in [1.165, 1.54) is 28.4 Å². The topological polar surface area (TPSA) is 87.2 Å². The molecule has 1 aliphatic rings. The van der Waals surface area contributed by atoms with Crippen LogP contribution >= 0.6 is 0 Å². The van der Waals surface area contributed by atoms with Gasteiger partial charge in [-0.3, -0.25) is 9.59 Å². The summed E-state index contributed by atoms with van der Waals surface area (Å²) in [4.78, 5) is 27.7. The highest BCUT2D eigenvalue weighted by Crippen LogP contribution is 2.22. The molecule has 1 saturated heterocycles. The van der Waals surface area contributed by atoms with Gasteiger partial charge in [0.25, 0.3) is 5.91 Å². The van der Waals surface area contributed by atoms with Crippen LogP contribution in [0.15, 0.2) is 59.5 Å². The smallest absolute Gasteiger partial charge is 0.305 e. The van der Waals surface area contributed by atoms with Gasteiger partial charge in [0.15, 0.2) is 0 Å². The number of amides is 1. The Morgan fingerprint density at radius 2 is 1.69 bits per heavy atom. The highest BCUT2D eigenvalue weighted by Gasteiger charge is 2.29. The van der Waals surface area contributed by atoms with Crippen LogP contribution in [-0.4, -0.2) is 76.4 Å². The van der Waals surface area contributed by atoms with Crippen molar-refractivity contribution >= 4 is 27.6 Å². The maximum Gasteiger partial charge on any atom is 0.305 e. The van der Waals surface area contributed by atoms with Gasteiger partial charge in [-0.05, 0) is 36.8 Å². The molecule has 1 aliphatic heterocycles. The molecule has 0 unspecified atom stereocenters. The lowest BCUT2D eigenvalue weighted by Crippen LogP contribution is -2.48. The molecular weight excluding hydrogens is 430 g/mol. The lowest BCUT2D eigenvalue weighted by Gasteiger charge is -2.35. The summed E-state index contributed by atoms with van der Waals surface area (Å²) in [5.74, 6) is -0.618. The number of ether oxygens (including phenoxy) is 1. The van der Waals surface area contributed by atoms with Gasteiger partial charge in [-0.2, -0.15) is 4.31 Å². The lowest BCUT2D eigenvalue weighted by molar-refractivity contribution is -0.140. The number of benzene rings is 2. The van der Waals surface area contributed by atoms with E-state index in [0.717, 1.165) is 5.69 Å². The number of piperazine rings is 1. The van der Waals surface area contributed by atoms with E-state index in [4.69, 9.17) is 0 Å². The molecule has 8 nitrogen and oxygen atoms in total. The van der Waals surface area contributed by atoms with Crippen molar-refractivity contribution in [1.29, 1.82) is 0 Å². The first kappa shape index (κ1) is 23.7.